The minimum Gasteiger partial charge on any atom is -0.352 e. The molecule has 1 saturated heterocycles. The number of benzene rings is 2. The Morgan fingerprint density at radius 3 is 2.35 bits per heavy atom. The molecule has 8 heteroatoms. The number of urea groups is 1. The Balaban J connectivity index is 1.35. The summed E-state index contributed by atoms with van der Waals surface area (Å²) in [6.45, 7) is 4.12. The summed E-state index contributed by atoms with van der Waals surface area (Å²) in [4.78, 5) is 16.0. The molecular formula is C23H23F2N5O. The molecule has 0 saturated carbocycles. The van der Waals surface area contributed by atoms with E-state index in [9.17, 15) is 13.6 Å². The minimum atomic E-state index is -0.673. The van der Waals surface area contributed by atoms with Crippen molar-refractivity contribution in [3.8, 4) is 11.3 Å². The molecule has 0 spiro atoms. The third kappa shape index (κ3) is 4.79. The van der Waals surface area contributed by atoms with Gasteiger partial charge in [0.1, 0.15) is 11.6 Å². The minimum absolute atomic E-state index is 0.166. The smallest absolute Gasteiger partial charge is 0.322 e. The first-order valence-electron chi connectivity index (χ1n) is 10.2. The fourth-order valence-electron chi connectivity index (χ4n) is 3.49. The molecule has 2 heterocycles. The first kappa shape index (κ1) is 20.7. The highest BCUT2D eigenvalue weighted by Gasteiger charge is 2.23. The van der Waals surface area contributed by atoms with Gasteiger partial charge in [0.15, 0.2) is 5.82 Å². The van der Waals surface area contributed by atoms with Crippen LogP contribution < -0.4 is 10.2 Å². The van der Waals surface area contributed by atoms with E-state index >= 15 is 0 Å². The molecule has 1 aromatic heterocycles. The van der Waals surface area contributed by atoms with Crippen molar-refractivity contribution in [1.82, 2.24) is 15.1 Å². The van der Waals surface area contributed by atoms with E-state index in [-0.39, 0.29) is 5.69 Å². The zero-order chi connectivity index (χ0) is 21.8. The van der Waals surface area contributed by atoms with Gasteiger partial charge in [-0.2, -0.15) is 0 Å². The fourth-order valence-corrected chi connectivity index (χ4v) is 3.49. The fraction of sp³-hybridized carbons (Fsp3) is 0.261. The van der Waals surface area contributed by atoms with E-state index in [4.69, 9.17) is 0 Å². The molecule has 160 valence electrons. The predicted molar refractivity (Wildman–Crippen MR) is 116 cm³/mol. The molecule has 1 fully saturated rings. The molecule has 0 bridgehead atoms. The topological polar surface area (TPSA) is 61.4 Å². The van der Waals surface area contributed by atoms with E-state index in [0.29, 0.717) is 26.2 Å². The zero-order valence-electron chi connectivity index (χ0n) is 17.2. The van der Waals surface area contributed by atoms with E-state index in [1.165, 1.54) is 5.56 Å². The molecule has 3 aromatic rings. The number of nitrogens with zero attached hydrogens (tertiary/aromatic N) is 4. The second-order valence-corrected chi connectivity index (χ2v) is 7.36. The largest absolute Gasteiger partial charge is 0.352 e. The molecule has 6 nitrogen and oxygen atoms in total. The van der Waals surface area contributed by atoms with Crippen LogP contribution in [0.2, 0.25) is 0 Å². The zero-order valence-corrected chi connectivity index (χ0v) is 17.2. The van der Waals surface area contributed by atoms with Crippen LogP contribution in [0.3, 0.4) is 0 Å². The van der Waals surface area contributed by atoms with Gasteiger partial charge in [-0.05, 0) is 36.2 Å². The van der Waals surface area contributed by atoms with Gasteiger partial charge in [0, 0.05) is 37.8 Å². The summed E-state index contributed by atoms with van der Waals surface area (Å²) in [7, 11) is 0. The maximum absolute atomic E-state index is 13.8. The van der Waals surface area contributed by atoms with Gasteiger partial charge in [-0.1, -0.05) is 31.2 Å². The molecule has 0 radical (unpaired) electrons. The highest BCUT2D eigenvalue weighted by Crippen LogP contribution is 2.21. The lowest BCUT2D eigenvalue weighted by Gasteiger charge is -2.35. The van der Waals surface area contributed by atoms with Gasteiger partial charge in [0.05, 0.1) is 11.4 Å². The first-order chi connectivity index (χ1) is 15.0. The van der Waals surface area contributed by atoms with Crippen LogP contribution >= 0.6 is 0 Å². The number of piperazine rings is 1. The van der Waals surface area contributed by atoms with Gasteiger partial charge in [-0.25, -0.2) is 13.6 Å². The van der Waals surface area contributed by atoms with Crippen LogP contribution in [0.4, 0.5) is 25.1 Å². The number of carbonyl (C=O) groups is 1. The normalized spacial score (nSPS) is 13.9. The molecule has 0 unspecified atom stereocenters. The molecular weight excluding hydrogens is 400 g/mol. The maximum Gasteiger partial charge on any atom is 0.322 e. The Kier molecular flexibility index (Phi) is 6.06. The number of hydrogen-bond donors (Lipinski definition) is 1. The molecule has 1 aliphatic rings. The Bertz CT molecular complexity index is 1050. The number of amides is 2. The summed E-state index contributed by atoms with van der Waals surface area (Å²) in [5, 5.41) is 11.1. The quantitative estimate of drug-likeness (QED) is 0.678. The van der Waals surface area contributed by atoms with Crippen molar-refractivity contribution in [2.75, 3.05) is 36.4 Å². The van der Waals surface area contributed by atoms with Crippen LogP contribution in [0.5, 0.6) is 0 Å². The summed E-state index contributed by atoms with van der Waals surface area (Å²) >= 11 is 0. The van der Waals surface area contributed by atoms with Gasteiger partial charge >= 0.3 is 6.03 Å². The van der Waals surface area contributed by atoms with E-state index in [2.05, 4.69) is 34.6 Å². The molecule has 4 rings (SSSR count). The lowest BCUT2D eigenvalue weighted by molar-refractivity contribution is 0.208. The van der Waals surface area contributed by atoms with Crippen LogP contribution in [0.1, 0.15) is 12.5 Å². The van der Waals surface area contributed by atoms with Gasteiger partial charge < -0.3 is 15.1 Å². The number of rotatable bonds is 4. The predicted octanol–water partition coefficient (Wildman–Crippen LogP) is 4.34. The molecule has 1 N–H and O–H groups in total. The van der Waals surface area contributed by atoms with Crippen molar-refractivity contribution in [2.24, 2.45) is 0 Å². The third-order valence-corrected chi connectivity index (χ3v) is 5.37. The first-order valence-corrected chi connectivity index (χ1v) is 10.2. The molecule has 0 atom stereocenters. The van der Waals surface area contributed by atoms with Crippen molar-refractivity contribution in [3.63, 3.8) is 0 Å². The third-order valence-electron chi connectivity index (χ3n) is 5.37. The van der Waals surface area contributed by atoms with Gasteiger partial charge in [0.2, 0.25) is 0 Å². The van der Waals surface area contributed by atoms with Crippen molar-refractivity contribution >= 4 is 17.5 Å². The van der Waals surface area contributed by atoms with Crippen molar-refractivity contribution in [1.29, 1.82) is 0 Å². The number of anilines is 2. The number of carbonyl (C=O) groups excluding carboxylic acids is 1. The monoisotopic (exact) mass is 423 g/mol. The molecule has 1 aliphatic heterocycles. The van der Waals surface area contributed by atoms with Crippen LogP contribution in [0.15, 0.2) is 54.6 Å². The van der Waals surface area contributed by atoms with Crippen molar-refractivity contribution in [3.05, 3.63) is 71.8 Å². The number of hydrogen-bond acceptors (Lipinski definition) is 4. The molecule has 0 aliphatic carbocycles. The molecule has 2 aromatic carbocycles. The average Bonchev–Trinajstić information content (AvgIpc) is 2.82. The number of aromatic nitrogens is 2. The Morgan fingerprint density at radius 1 is 0.968 bits per heavy atom. The summed E-state index contributed by atoms with van der Waals surface area (Å²) in [6, 6.07) is 14.6. The Labute approximate surface area is 179 Å². The Morgan fingerprint density at radius 2 is 1.71 bits per heavy atom. The summed E-state index contributed by atoms with van der Waals surface area (Å²) in [5.41, 5.74) is 2.93. The van der Waals surface area contributed by atoms with Gasteiger partial charge in [-0.15, -0.1) is 10.2 Å². The number of halogens is 2. The van der Waals surface area contributed by atoms with Crippen molar-refractivity contribution in [2.45, 2.75) is 13.3 Å². The van der Waals surface area contributed by atoms with Gasteiger partial charge in [0.25, 0.3) is 0 Å². The van der Waals surface area contributed by atoms with E-state index in [1.807, 2.05) is 29.2 Å². The van der Waals surface area contributed by atoms with Crippen LogP contribution in [0.25, 0.3) is 11.3 Å². The van der Waals surface area contributed by atoms with Crippen LogP contribution in [-0.2, 0) is 6.42 Å². The highest BCUT2D eigenvalue weighted by atomic mass is 19.1. The maximum atomic E-state index is 13.8. The van der Waals surface area contributed by atoms with Crippen LogP contribution in [-0.4, -0.2) is 47.3 Å². The summed E-state index contributed by atoms with van der Waals surface area (Å²) in [5.74, 6) is -0.539. The Hall–Kier alpha value is -3.55. The van der Waals surface area contributed by atoms with Crippen LogP contribution in [0, 0.1) is 11.6 Å². The number of nitrogens with one attached hydrogen (secondary N) is 1. The summed E-state index contributed by atoms with van der Waals surface area (Å²) < 4.78 is 27.0. The average molecular weight is 423 g/mol. The van der Waals surface area contributed by atoms with Gasteiger partial charge in [-0.3, -0.25) is 0 Å². The lowest BCUT2D eigenvalue weighted by Crippen LogP contribution is -2.50. The van der Waals surface area contributed by atoms with E-state index in [1.54, 1.807) is 4.90 Å². The highest BCUT2D eigenvalue weighted by molar-refractivity contribution is 5.89. The molecule has 31 heavy (non-hydrogen) atoms. The van der Waals surface area contributed by atoms with Crippen molar-refractivity contribution < 1.29 is 13.6 Å². The SMILES string of the molecule is CCc1ccc(-c2ccc(N3CCN(C(=O)Nc4cc(F)ccc4F)CC3)nn2)cc1. The molecule has 2 amide bonds. The standard InChI is InChI=1S/C23H23F2N5O/c1-2-16-3-5-17(6-4-16)20-9-10-22(28-27-20)29-11-13-30(14-12-29)23(31)26-21-15-18(24)7-8-19(21)25/h3-10,15H,2,11-14H2,1H3,(H,26,31). The van der Waals surface area contributed by atoms with E-state index in [0.717, 1.165) is 41.7 Å². The second-order valence-electron chi connectivity index (χ2n) is 7.36. The van der Waals surface area contributed by atoms with E-state index < -0.39 is 17.7 Å². The second kappa shape index (κ2) is 9.07. The number of aryl methyl sites for hydroxylation is 1. The summed E-state index contributed by atoms with van der Waals surface area (Å²) in [6.07, 6.45) is 0.992. The lowest BCUT2D eigenvalue weighted by atomic mass is 10.1.